The lowest BCUT2D eigenvalue weighted by molar-refractivity contribution is 0.455. The monoisotopic (exact) mass is 482 g/mol. The van der Waals surface area contributed by atoms with Crippen LogP contribution in [0.3, 0.4) is 0 Å². The third kappa shape index (κ3) is 4.69. The Kier molecular flexibility index (Phi) is 7.05. The summed E-state index contributed by atoms with van der Waals surface area (Å²) in [6.45, 7) is 2.99. The molecule has 6 nitrogen and oxygen atoms in total. The quantitative estimate of drug-likeness (QED) is 0.403. The van der Waals surface area contributed by atoms with Gasteiger partial charge >= 0.3 is 0 Å². The van der Waals surface area contributed by atoms with Gasteiger partial charge in [-0.15, -0.1) is 24.0 Å². The molecule has 0 bridgehead atoms. The zero-order chi connectivity index (χ0) is 16.3. The van der Waals surface area contributed by atoms with Crippen LogP contribution in [0.25, 0.3) is 0 Å². The van der Waals surface area contributed by atoms with Crippen molar-refractivity contribution in [3.05, 3.63) is 29.8 Å². The van der Waals surface area contributed by atoms with Gasteiger partial charge in [-0.2, -0.15) is 11.8 Å². The molecule has 2 heterocycles. The number of hydrogen-bond donors (Lipinski definition) is 1. The summed E-state index contributed by atoms with van der Waals surface area (Å²) < 4.78 is 25.3. The van der Waals surface area contributed by atoms with E-state index in [0.717, 1.165) is 35.8 Å². The number of nitrogens with zero attached hydrogens (tertiary/aromatic N) is 3. The smallest absolute Gasteiger partial charge is 0.235 e. The van der Waals surface area contributed by atoms with Crippen molar-refractivity contribution in [1.82, 2.24) is 4.90 Å². The number of aliphatic imine (C=N–C) groups is 1. The molecule has 2 aliphatic rings. The van der Waals surface area contributed by atoms with Gasteiger partial charge in [-0.25, -0.2) is 13.4 Å². The van der Waals surface area contributed by atoms with Crippen molar-refractivity contribution in [2.24, 2.45) is 10.7 Å². The van der Waals surface area contributed by atoms with Gasteiger partial charge in [-0.1, -0.05) is 12.1 Å². The Morgan fingerprint density at radius 1 is 1.17 bits per heavy atom. The maximum Gasteiger partial charge on any atom is 0.235 e. The van der Waals surface area contributed by atoms with Crippen molar-refractivity contribution in [1.29, 1.82) is 0 Å². The lowest BCUT2D eigenvalue weighted by Crippen LogP contribution is -2.42. The van der Waals surface area contributed by atoms with Gasteiger partial charge in [-0.3, -0.25) is 4.31 Å². The molecule has 2 aliphatic heterocycles. The van der Waals surface area contributed by atoms with Crippen molar-refractivity contribution in [3.8, 4) is 0 Å². The maximum atomic E-state index is 11.9. The van der Waals surface area contributed by atoms with E-state index in [1.807, 2.05) is 36.0 Å². The summed E-state index contributed by atoms with van der Waals surface area (Å²) in [6, 6.07) is 7.54. The highest BCUT2D eigenvalue weighted by atomic mass is 127. The van der Waals surface area contributed by atoms with Crippen LogP contribution in [-0.2, 0) is 16.6 Å². The standard InChI is InChI=1S/C15H22N4O2S2.HI/c16-15(18-7-9-22-10-8-18)17-12-13-2-4-14(5-3-13)19-6-1-11-23(19,20)21;/h2-5H,1,6-12H2,(H2,16,17);1H. The second-order valence-corrected chi connectivity index (χ2v) is 8.92. The highest BCUT2D eigenvalue weighted by Gasteiger charge is 2.28. The minimum atomic E-state index is -3.12. The maximum absolute atomic E-state index is 11.9. The predicted molar refractivity (Wildman–Crippen MR) is 112 cm³/mol. The summed E-state index contributed by atoms with van der Waals surface area (Å²) >= 11 is 1.94. The molecule has 0 amide bonds. The van der Waals surface area contributed by atoms with Gasteiger partial charge in [0.25, 0.3) is 0 Å². The van der Waals surface area contributed by atoms with Gasteiger partial charge in [0, 0.05) is 31.1 Å². The third-order valence-corrected chi connectivity index (χ3v) is 6.89. The fraction of sp³-hybridized carbons (Fsp3) is 0.533. The lowest BCUT2D eigenvalue weighted by atomic mass is 10.2. The molecule has 0 atom stereocenters. The number of nitrogens with two attached hydrogens (primary N) is 1. The molecular formula is C15H23IN4O2S2. The largest absolute Gasteiger partial charge is 0.370 e. The fourth-order valence-corrected chi connectivity index (χ4v) is 5.23. The molecule has 24 heavy (non-hydrogen) atoms. The molecular weight excluding hydrogens is 459 g/mol. The number of rotatable bonds is 3. The van der Waals surface area contributed by atoms with Crippen molar-refractivity contribution in [2.45, 2.75) is 13.0 Å². The first kappa shape index (κ1) is 19.6. The molecule has 3 rings (SSSR count). The van der Waals surface area contributed by atoms with E-state index in [-0.39, 0.29) is 29.7 Å². The molecule has 9 heteroatoms. The van der Waals surface area contributed by atoms with Crippen LogP contribution in [0.4, 0.5) is 5.69 Å². The van der Waals surface area contributed by atoms with E-state index in [1.54, 1.807) is 0 Å². The first-order valence-electron chi connectivity index (χ1n) is 7.78. The molecule has 0 aliphatic carbocycles. The van der Waals surface area contributed by atoms with Crippen LogP contribution in [-0.4, -0.2) is 56.2 Å². The van der Waals surface area contributed by atoms with Gasteiger partial charge in [0.2, 0.25) is 10.0 Å². The van der Waals surface area contributed by atoms with Crippen LogP contribution < -0.4 is 10.0 Å². The van der Waals surface area contributed by atoms with Crippen molar-refractivity contribution < 1.29 is 8.42 Å². The van der Waals surface area contributed by atoms with E-state index in [2.05, 4.69) is 9.89 Å². The molecule has 2 fully saturated rings. The summed E-state index contributed by atoms with van der Waals surface area (Å²) in [5.74, 6) is 3.02. The van der Waals surface area contributed by atoms with E-state index >= 15 is 0 Å². The SMILES string of the molecule is I.NC(=NCc1ccc(N2CCCS2(=O)=O)cc1)N1CCSCC1. The van der Waals surface area contributed by atoms with Gasteiger partial charge in [0.05, 0.1) is 18.0 Å². The summed E-state index contributed by atoms with van der Waals surface area (Å²) in [5.41, 5.74) is 7.80. The second kappa shape index (κ2) is 8.61. The highest BCUT2D eigenvalue weighted by Crippen LogP contribution is 2.24. The number of sulfonamides is 1. The highest BCUT2D eigenvalue weighted by molar-refractivity contribution is 14.0. The zero-order valence-corrected chi connectivity index (χ0v) is 17.4. The Balaban J connectivity index is 0.00000208. The molecule has 0 spiro atoms. The molecule has 0 unspecified atom stereocenters. The van der Waals surface area contributed by atoms with Gasteiger partial charge in [0.15, 0.2) is 5.96 Å². The van der Waals surface area contributed by atoms with Gasteiger partial charge in [-0.05, 0) is 24.1 Å². The fourth-order valence-electron chi connectivity index (χ4n) is 2.76. The lowest BCUT2D eigenvalue weighted by Gasteiger charge is -2.27. The van der Waals surface area contributed by atoms with E-state index in [4.69, 9.17) is 5.73 Å². The summed E-state index contributed by atoms with van der Waals surface area (Å²) in [5, 5.41) is 0. The first-order valence-corrected chi connectivity index (χ1v) is 10.5. The van der Waals surface area contributed by atoms with E-state index < -0.39 is 10.0 Å². The van der Waals surface area contributed by atoms with Crippen LogP contribution in [0.5, 0.6) is 0 Å². The van der Waals surface area contributed by atoms with Crippen LogP contribution in [0.15, 0.2) is 29.3 Å². The van der Waals surface area contributed by atoms with Gasteiger partial charge < -0.3 is 10.6 Å². The van der Waals surface area contributed by atoms with Crippen LogP contribution >= 0.6 is 35.7 Å². The molecule has 1 aromatic carbocycles. The average Bonchev–Trinajstić information content (AvgIpc) is 2.93. The Morgan fingerprint density at radius 3 is 2.42 bits per heavy atom. The molecule has 1 aromatic rings. The first-order chi connectivity index (χ1) is 11.1. The normalized spacial score (nSPS) is 20.8. The molecule has 0 radical (unpaired) electrons. The number of guanidine groups is 1. The molecule has 2 N–H and O–H groups in total. The van der Waals surface area contributed by atoms with Gasteiger partial charge in [0.1, 0.15) is 0 Å². The molecule has 134 valence electrons. The molecule has 2 saturated heterocycles. The Morgan fingerprint density at radius 2 is 1.83 bits per heavy atom. The summed E-state index contributed by atoms with van der Waals surface area (Å²) in [4.78, 5) is 6.57. The van der Waals surface area contributed by atoms with E-state index in [0.29, 0.717) is 25.5 Å². The van der Waals surface area contributed by atoms with Crippen LogP contribution in [0, 0.1) is 0 Å². The topological polar surface area (TPSA) is 79.0 Å². The number of hydrogen-bond acceptors (Lipinski definition) is 4. The van der Waals surface area contributed by atoms with Crippen molar-refractivity contribution in [3.63, 3.8) is 0 Å². The number of thioether (sulfide) groups is 1. The number of anilines is 1. The number of benzene rings is 1. The van der Waals surface area contributed by atoms with E-state index in [9.17, 15) is 8.42 Å². The van der Waals surface area contributed by atoms with Crippen molar-refractivity contribution in [2.75, 3.05) is 41.2 Å². The minimum absolute atomic E-state index is 0. The Bertz CT molecular complexity index is 673. The number of halogens is 1. The summed E-state index contributed by atoms with van der Waals surface area (Å²) in [7, 11) is -3.12. The van der Waals surface area contributed by atoms with Crippen LogP contribution in [0.1, 0.15) is 12.0 Å². The average molecular weight is 482 g/mol. The zero-order valence-electron chi connectivity index (χ0n) is 13.4. The Hall–Kier alpha value is -0.680. The minimum Gasteiger partial charge on any atom is -0.370 e. The molecule has 0 saturated carbocycles. The van der Waals surface area contributed by atoms with Crippen molar-refractivity contribution >= 4 is 57.4 Å². The van der Waals surface area contributed by atoms with Crippen LogP contribution in [0.2, 0.25) is 0 Å². The second-order valence-electron chi connectivity index (χ2n) is 5.68. The Labute approximate surface area is 164 Å². The molecule has 0 aromatic heterocycles. The summed E-state index contributed by atoms with van der Waals surface area (Å²) in [6.07, 6.45) is 0.693. The van der Waals surface area contributed by atoms with E-state index in [1.165, 1.54) is 4.31 Å². The predicted octanol–water partition coefficient (Wildman–Crippen LogP) is 1.71. The third-order valence-electron chi connectivity index (χ3n) is 4.08.